The molecule has 0 saturated carbocycles. The van der Waals surface area contributed by atoms with E-state index in [0.717, 1.165) is 11.4 Å². The molecule has 4 aromatic rings. The van der Waals surface area contributed by atoms with E-state index >= 15 is 0 Å². The maximum Gasteiger partial charge on any atom is 0.254 e. The fourth-order valence-electron chi connectivity index (χ4n) is 3.50. The Morgan fingerprint density at radius 3 is 2.14 bits per heavy atom. The van der Waals surface area contributed by atoms with Crippen molar-refractivity contribution in [2.75, 3.05) is 17.2 Å². The molecule has 0 aliphatic carbocycles. The maximum absolute atomic E-state index is 13.8. The molecule has 0 radical (unpaired) electrons. The molecule has 0 bridgehead atoms. The van der Waals surface area contributed by atoms with Gasteiger partial charge in [0.05, 0.1) is 11.3 Å². The molecule has 0 aliphatic heterocycles. The highest BCUT2D eigenvalue weighted by atomic mass is 32.2. The van der Waals surface area contributed by atoms with Crippen LogP contribution in [0.15, 0.2) is 90.1 Å². The third kappa shape index (κ3) is 5.93. The first-order chi connectivity index (χ1) is 17.0. The summed E-state index contributed by atoms with van der Waals surface area (Å²) in [4.78, 5) is 27.1. The highest BCUT2D eigenvalue weighted by Gasteiger charge is 2.20. The number of carbonyl (C=O) groups excluding carboxylic acids is 2. The van der Waals surface area contributed by atoms with Crippen molar-refractivity contribution in [3.8, 4) is 0 Å². The molecule has 35 heavy (non-hydrogen) atoms. The number of para-hydroxylation sites is 2. The Kier molecular flexibility index (Phi) is 7.89. The van der Waals surface area contributed by atoms with Crippen LogP contribution in [0.1, 0.15) is 16.2 Å². The normalized spacial score (nSPS) is 10.7. The van der Waals surface area contributed by atoms with Crippen LogP contribution in [0.2, 0.25) is 0 Å². The van der Waals surface area contributed by atoms with Crippen LogP contribution in [-0.2, 0) is 18.3 Å². The van der Waals surface area contributed by atoms with Gasteiger partial charge in [0.25, 0.3) is 5.91 Å². The molecule has 2 amide bonds. The Balaban J connectivity index is 1.37. The van der Waals surface area contributed by atoms with E-state index in [1.807, 2.05) is 67.7 Å². The van der Waals surface area contributed by atoms with Crippen LogP contribution in [-0.4, -0.2) is 38.9 Å². The van der Waals surface area contributed by atoms with Crippen molar-refractivity contribution in [2.24, 2.45) is 7.05 Å². The van der Waals surface area contributed by atoms with Gasteiger partial charge in [-0.15, -0.1) is 10.2 Å². The monoisotopic (exact) mass is 489 g/mol. The minimum atomic E-state index is -0.563. The Bertz CT molecular complexity index is 1260. The van der Waals surface area contributed by atoms with E-state index in [1.54, 1.807) is 15.5 Å². The standard InChI is InChI=1S/C26H24FN5O2S/c1-31-23(16-17-28-25(34)21-14-8-9-15-22(21)27)29-30-26(31)35-18-24(33)32(19-10-4-2-5-11-19)20-12-6-3-7-13-20/h2-15H,16-18H2,1H3,(H,28,34). The first-order valence-electron chi connectivity index (χ1n) is 11.0. The van der Waals surface area contributed by atoms with Gasteiger partial charge in [-0.3, -0.25) is 14.5 Å². The summed E-state index contributed by atoms with van der Waals surface area (Å²) in [7, 11) is 1.81. The van der Waals surface area contributed by atoms with Gasteiger partial charge in [0.15, 0.2) is 5.16 Å². The molecule has 1 heterocycles. The molecule has 3 aromatic carbocycles. The number of aromatic nitrogens is 3. The lowest BCUT2D eigenvalue weighted by Crippen LogP contribution is -2.27. The second-order valence-corrected chi connectivity index (χ2v) is 8.57. The van der Waals surface area contributed by atoms with Crippen LogP contribution >= 0.6 is 11.8 Å². The third-order valence-corrected chi connectivity index (χ3v) is 6.29. The molecule has 0 unspecified atom stereocenters. The van der Waals surface area contributed by atoms with Crippen LogP contribution in [0, 0.1) is 5.82 Å². The number of hydrogen-bond acceptors (Lipinski definition) is 5. The Labute approximate surface area is 207 Å². The second-order valence-electron chi connectivity index (χ2n) is 7.63. The van der Waals surface area contributed by atoms with Crippen molar-refractivity contribution in [1.29, 1.82) is 0 Å². The molecule has 0 spiro atoms. The van der Waals surface area contributed by atoms with Gasteiger partial charge >= 0.3 is 0 Å². The summed E-state index contributed by atoms with van der Waals surface area (Å²) in [5.74, 6) is -0.315. The van der Waals surface area contributed by atoms with Crippen molar-refractivity contribution in [1.82, 2.24) is 20.1 Å². The summed E-state index contributed by atoms with van der Waals surface area (Å²) < 4.78 is 15.6. The van der Waals surface area contributed by atoms with Crippen molar-refractivity contribution >= 4 is 35.0 Å². The fourth-order valence-corrected chi connectivity index (χ4v) is 4.28. The van der Waals surface area contributed by atoms with Gasteiger partial charge in [-0.05, 0) is 36.4 Å². The van der Waals surface area contributed by atoms with Crippen LogP contribution < -0.4 is 10.2 Å². The second kappa shape index (κ2) is 11.4. The lowest BCUT2D eigenvalue weighted by molar-refractivity contribution is -0.115. The predicted molar refractivity (Wildman–Crippen MR) is 134 cm³/mol. The number of thioether (sulfide) groups is 1. The SMILES string of the molecule is Cn1c(CCNC(=O)c2ccccc2F)nnc1SCC(=O)N(c1ccccc1)c1ccccc1. The Morgan fingerprint density at radius 1 is 0.914 bits per heavy atom. The summed E-state index contributed by atoms with van der Waals surface area (Å²) >= 11 is 1.29. The maximum atomic E-state index is 13.8. The zero-order valence-electron chi connectivity index (χ0n) is 19.1. The number of rotatable bonds is 9. The van der Waals surface area contributed by atoms with E-state index in [-0.39, 0.29) is 23.8 Å². The molecule has 0 aliphatic rings. The molecule has 178 valence electrons. The van der Waals surface area contributed by atoms with Gasteiger partial charge in [0.1, 0.15) is 11.6 Å². The first-order valence-corrected chi connectivity index (χ1v) is 12.0. The van der Waals surface area contributed by atoms with E-state index in [0.29, 0.717) is 17.4 Å². The van der Waals surface area contributed by atoms with Crippen molar-refractivity contribution in [2.45, 2.75) is 11.6 Å². The molecular formula is C26H24FN5O2S. The minimum Gasteiger partial charge on any atom is -0.351 e. The molecule has 0 fully saturated rings. The van der Waals surface area contributed by atoms with E-state index < -0.39 is 11.7 Å². The summed E-state index contributed by atoms with van der Waals surface area (Å²) in [6.45, 7) is 0.276. The van der Waals surface area contributed by atoms with E-state index in [2.05, 4.69) is 15.5 Å². The van der Waals surface area contributed by atoms with Crippen molar-refractivity contribution < 1.29 is 14.0 Å². The summed E-state index contributed by atoms with van der Waals surface area (Å²) in [6, 6.07) is 24.8. The van der Waals surface area contributed by atoms with Gasteiger partial charge in [0.2, 0.25) is 5.91 Å². The molecular weight excluding hydrogens is 465 g/mol. The summed E-state index contributed by atoms with van der Waals surface area (Å²) in [6.07, 6.45) is 0.415. The molecule has 1 aromatic heterocycles. The number of amides is 2. The van der Waals surface area contributed by atoms with Gasteiger partial charge in [0, 0.05) is 31.4 Å². The number of carbonyl (C=O) groups is 2. The topological polar surface area (TPSA) is 80.1 Å². The molecule has 4 rings (SSSR count). The number of nitrogens with zero attached hydrogens (tertiary/aromatic N) is 4. The molecule has 0 saturated heterocycles. The average Bonchev–Trinajstić information content (AvgIpc) is 3.23. The third-order valence-electron chi connectivity index (χ3n) is 5.28. The lowest BCUT2D eigenvalue weighted by atomic mass is 10.2. The zero-order chi connectivity index (χ0) is 24.6. The van der Waals surface area contributed by atoms with Gasteiger partial charge in [-0.2, -0.15) is 0 Å². The zero-order valence-corrected chi connectivity index (χ0v) is 19.9. The number of halogens is 1. The summed E-state index contributed by atoms with van der Waals surface area (Å²) in [5, 5.41) is 11.7. The first kappa shape index (κ1) is 24.2. The van der Waals surface area contributed by atoms with Crippen molar-refractivity contribution in [3.63, 3.8) is 0 Å². The van der Waals surface area contributed by atoms with Crippen LogP contribution in [0.3, 0.4) is 0 Å². The molecule has 9 heteroatoms. The number of nitrogens with one attached hydrogen (secondary N) is 1. The highest BCUT2D eigenvalue weighted by Crippen LogP contribution is 2.27. The van der Waals surface area contributed by atoms with Crippen LogP contribution in [0.4, 0.5) is 15.8 Å². The summed E-state index contributed by atoms with van der Waals surface area (Å²) in [5.41, 5.74) is 1.57. The average molecular weight is 490 g/mol. The van der Waals surface area contributed by atoms with E-state index in [9.17, 15) is 14.0 Å². The predicted octanol–water partition coefficient (Wildman–Crippen LogP) is 4.38. The quantitative estimate of drug-likeness (QED) is 0.353. The van der Waals surface area contributed by atoms with Crippen LogP contribution in [0.5, 0.6) is 0 Å². The Hall–Kier alpha value is -3.98. The van der Waals surface area contributed by atoms with Crippen molar-refractivity contribution in [3.05, 3.63) is 102 Å². The largest absolute Gasteiger partial charge is 0.351 e. The molecule has 1 N–H and O–H groups in total. The van der Waals surface area contributed by atoms with E-state index in [1.165, 1.54) is 30.0 Å². The molecule has 7 nitrogen and oxygen atoms in total. The number of benzene rings is 3. The fraction of sp³-hybridized carbons (Fsp3) is 0.154. The lowest BCUT2D eigenvalue weighted by Gasteiger charge is -2.22. The number of hydrogen-bond donors (Lipinski definition) is 1. The van der Waals surface area contributed by atoms with Gasteiger partial charge < -0.3 is 9.88 Å². The van der Waals surface area contributed by atoms with Crippen LogP contribution in [0.25, 0.3) is 0 Å². The number of anilines is 2. The van der Waals surface area contributed by atoms with Gasteiger partial charge in [-0.1, -0.05) is 60.3 Å². The smallest absolute Gasteiger partial charge is 0.254 e. The van der Waals surface area contributed by atoms with Gasteiger partial charge in [-0.25, -0.2) is 4.39 Å². The Morgan fingerprint density at radius 2 is 1.51 bits per heavy atom. The molecule has 0 atom stereocenters. The van der Waals surface area contributed by atoms with E-state index in [4.69, 9.17) is 0 Å². The minimum absolute atomic E-state index is 0.00149. The highest BCUT2D eigenvalue weighted by molar-refractivity contribution is 7.99.